The molecule has 1 aliphatic heterocycles. The van der Waals surface area contributed by atoms with Gasteiger partial charge >= 0.3 is 0 Å². The number of carbonyl (C=O) groups is 1. The molecule has 0 unspecified atom stereocenters. The molecular weight excluding hydrogens is 234 g/mol. The number of Topliss-reactive ketones (excluding diaryl/α,β-unsaturated/α-hetero) is 1. The van der Waals surface area contributed by atoms with Crippen molar-refractivity contribution in [1.29, 1.82) is 0 Å². The van der Waals surface area contributed by atoms with Gasteiger partial charge in [-0.05, 0) is 36.6 Å². The minimum Gasteiger partial charge on any atom is -0.356 e. The largest absolute Gasteiger partial charge is 0.356 e. The smallest absolute Gasteiger partial charge is 0.159 e. The first-order chi connectivity index (χ1) is 9.24. The lowest BCUT2D eigenvalue weighted by molar-refractivity contribution is 0.101. The standard InChI is InChI=1S/C17H15NO/c1-13(19)15-7-4-8-17(11-15)18-10-9-14-5-2-3-6-16(14)12-18/h2-8,11H,9-10H2,1H3. The second-order valence-corrected chi connectivity index (χ2v) is 4.78. The van der Waals surface area contributed by atoms with Crippen LogP contribution >= 0.6 is 0 Å². The zero-order valence-electron chi connectivity index (χ0n) is 10.9. The number of hydrogen-bond acceptors (Lipinski definition) is 2. The Hall–Kier alpha value is -2.09. The molecule has 2 heteroatoms. The van der Waals surface area contributed by atoms with Gasteiger partial charge in [0.05, 0.1) is 0 Å². The van der Waals surface area contributed by atoms with E-state index in [0.29, 0.717) is 0 Å². The topological polar surface area (TPSA) is 20.3 Å². The highest BCUT2D eigenvalue weighted by atomic mass is 16.1. The van der Waals surface area contributed by atoms with Crippen molar-refractivity contribution in [2.45, 2.75) is 13.3 Å². The predicted octanol–water partition coefficient (Wildman–Crippen LogP) is 3.34. The van der Waals surface area contributed by atoms with E-state index in [1.54, 1.807) is 6.92 Å². The summed E-state index contributed by atoms with van der Waals surface area (Å²) in [4.78, 5) is 13.5. The average molecular weight is 249 g/mol. The maximum Gasteiger partial charge on any atom is 0.159 e. The van der Waals surface area contributed by atoms with Crippen LogP contribution in [0.1, 0.15) is 28.4 Å². The average Bonchev–Trinajstić information content (AvgIpc) is 2.47. The number of fused-ring (bicyclic) bond motifs is 1. The molecule has 2 aromatic rings. The quantitative estimate of drug-likeness (QED) is 0.761. The third kappa shape index (κ3) is 2.39. The molecule has 0 saturated carbocycles. The van der Waals surface area contributed by atoms with Crippen LogP contribution in [-0.4, -0.2) is 12.3 Å². The molecule has 19 heavy (non-hydrogen) atoms. The van der Waals surface area contributed by atoms with E-state index in [1.807, 2.05) is 30.3 Å². The fourth-order valence-corrected chi connectivity index (χ4v) is 2.37. The molecule has 1 aliphatic rings. The maximum absolute atomic E-state index is 11.4. The minimum atomic E-state index is 0.0965. The van der Waals surface area contributed by atoms with Gasteiger partial charge in [0.15, 0.2) is 5.78 Å². The summed E-state index contributed by atoms with van der Waals surface area (Å²) in [6.45, 7) is 5.90. The van der Waals surface area contributed by atoms with Crippen LogP contribution < -0.4 is 4.90 Å². The van der Waals surface area contributed by atoms with Crippen LogP contribution in [0.2, 0.25) is 0 Å². The molecule has 1 heterocycles. The van der Waals surface area contributed by atoms with Crippen LogP contribution in [0.5, 0.6) is 0 Å². The van der Waals surface area contributed by atoms with Crippen molar-refractivity contribution in [2.24, 2.45) is 0 Å². The Morgan fingerprint density at radius 1 is 1.16 bits per heavy atom. The fraction of sp³-hybridized carbons (Fsp3) is 0.176. The Morgan fingerprint density at radius 3 is 2.84 bits per heavy atom. The van der Waals surface area contributed by atoms with Gasteiger partial charge in [-0.1, -0.05) is 36.4 Å². The van der Waals surface area contributed by atoms with Gasteiger partial charge in [-0.15, -0.1) is 0 Å². The van der Waals surface area contributed by atoms with Gasteiger partial charge in [-0.25, -0.2) is 0 Å². The third-order valence-electron chi connectivity index (χ3n) is 3.44. The lowest BCUT2D eigenvalue weighted by atomic mass is 9.99. The normalized spacial score (nSPS) is 14.1. The predicted molar refractivity (Wildman–Crippen MR) is 76.3 cm³/mol. The summed E-state index contributed by atoms with van der Waals surface area (Å²) < 4.78 is 0. The number of benzene rings is 2. The molecule has 0 amide bonds. The molecule has 0 N–H and O–H groups in total. The van der Waals surface area contributed by atoms with Gasteiger partial charge in [0.1, 0.15) is 6.54 Å². The molecule has 2 radical (unpaired) electrons. The zero-order valence-corrected chi connectivity index (χ0v) is 10.9. The third-order valence-corrected chi connectivity index (χ3v) is 3.44. The Bertz CT molecular complexity index is 618. The summed E-state index contributed by atoms with van der Waals surface area (Å²) in [5, 5.41) is 0. The summed E-state index contributed by atoms with van der Waals surface area (Å²) in [6, 6.07) is 16.0. The van der Waals surface area contributed by atoms with Gasteiger partial charge < -0.3 is 4.90 Å². The molecule has 0 aromatic heterocycles. The molecule has 0 fully saturated rings. The number of ketones is 1. The van der Waals surface area contributed by atoms with Gasteiger partial charge in [-0.3, -0.25) is 4.79 Å². The van der Waals surface area contributed by atoms with Crippen molar-refractivity contribution >= 4 is 11.5 Å². The summed E-state index contributed by atoms with van der Waals surface area (Å²) in [7, 11) is 0. The summed E-state index contributed by atoms with van der Waals surface area (Å²) in [6.07, 6.45) is 1.01. The van der Waals surface area contributed by atoms with Crippen LogP contribution in [-0.2, 0) is 6.42 Å². The van der Waals surface area contributed by atoms with E-state index in [4.69, 9.17) is 0 Å². The molecule has 2 nitrogen and oxygen atoms in total. The van der Waals surface area contributed by atoms with Crippen LogP contribution in [0, 0.1) is 6.54 Å². The van der Waals surface area contributed by atoms with Crippen LogP contribution in [0.15, 0.2) is 48.5 Å². The monoisotopic (exact) mass is 249 g/mol. The number of hydrogen-bond donors (Lipinski definition) is 0. The number of anilines is 1. The van der Waals surface area contributed by atoms with E-state index in [0.717, 1.165) is 29.8 Å². The Morgan fingerprint density at radius 2 is 2.00 bits per heavy atom. The van der Waals surface area contributed by atoms with Crippen LogP contribution in [0.25, 0.3) is 0 Å². The summed E-state index contributed by atoms with van der Waals surface area (Å²) in [5.74, 6) is 0.0965. The SMILES string of the molecule is CC(=O)c1cccc(N2[C]c3ccccc3CC2)c1. The lowest BCUT2D eigenvalue weighted by Crippen LogP contribution is -2.28. The molecule has 0 aliphatic carbocycles. The van der Waals surface area contributed by atoms with Crippen molar-refractivity contribution < 1.29 is 4.79 Å². The van der Waals surface area contributed by atoms with Crippen molar-refractivity contribution in [1.82, 2.24) is 0 Å². The van der Waals surface area contributed by atoms with E-state index in [9.17, 15) is 4.79 Å². The van der Waals surface area contributed by atoms with Gasteiger partial charge in [0.2, 0.25) is 0 Å². The molecule has 0 atom stereocenters. The van der Waals surface area contributed by atoms with Crippen LogP contribution in [0.4, 0.5) is 5.69 Å². The van der Waals surface area contributed by atoms with E-state index in [2.05, 4.69) is 29.6 Å². The van der Waals surface area contributed by atoms with E-state index in [1.165, 1.54) is 5.56 Å². The Kier molecular flexibility index (Phi) is 3.08. The molecule has 0 saturated heterocycles. The number of nitrogens with zero attached hydrogens (tertiary/aromatic N) is 1. The number of carbonyl (C=O) groups excluding carboxylic acids is 1. The lowest BCUT2D eigenvalue weighted by Gasteiger charge is -2.29. The Labute approximate surface area is 113 Å². The molecule has 2 aromatic carbocycles. The van der Waals surface area contributed by atoms with E-state index in [-0.39, 0.29) is 5.78 Å². The highest BCUT2D eigenvalue weighted by Crippen LogP contribution is 2.26. The molecule has 0 spiro atoms. The van der Waals surface area contributed by atoms with Crippen molar-refractivity contribution in [3.8, 4) is 0 Å². The molecule has 0 bridgehead atoms. The highest BCUT2D eigenvalue weighted by Gasteiger charge is 2.17. The van der Waals surface area contributed by atoms with Crippen molar-refractivity contribution in [2.75, 3.05) is 11.4 Å². The molecule has 3 rings (SSSR count). The second kappa shape index (κ2) is 4.88. The first-order valence-electron chi connectivity index (χ1n) is 6.47. The maximum atomic E-state index is 11.4. The second-order valence-electron chi connectivity index (χ2n) is 4.78. The minimum absolute atomic E-state index is 0.0965. The van der Waals surface area contributed by atoms with Crippen molar-refractivity contribution in [3.05, 3.63) is 71.8 Å². The molecular formula is C17H15NO. The number of rotatable bonds is 2. The van der Waals surface area contributed by atoms with Gasteiger partial charge in [0, 0.05) is 17.8 Å². The van der Waals surface area contributed by atoms with Gasteiger partial charge in [0.25, 0.3) is 0 Å². The zero-order chi connectivity index (χ0) is 13.2. The van der Waals surface area contributed by atoms with Gasteiger partial charge in [-0.2, -0.15) is 0 Å². The van der Waals surface area contributed by atoms with Crippen LogP contribution in [0.3, 0.4) is 0 Å². The Balaban J connectivity index is 1.89. The summed E-state index contributed by atoms with van der Waals surface area (Å²) >= 11 is 0. The summed E-state index contributed by atoms with van der Waals surface area (Å²) in [5.41, 5.74) is 4.25. The first kappa shape index (κ1) is 12.0. The molecule has 94 valence electrons. The van der Waals surface area contributed by atoms with Crippen molar-refractivity contribution in [3.63, 3.8) is 0 Å². The van der Waals surface area contributed by atoms with E-state index < -0.39 is 0 Å². The van der Waals surface area contributed by atoms with E-state index >= 15 is 0 Å². The highest BCUT2D eigenvalue weighted by molar-refractivity contribution is 5.95. The first-order valence-corrected chi connectivity index (χ1v) is 6.47. The fourth-order valence-electron chi connectivity index (χ4n) is 2.37.